The number of urea groups is 1. The number of rotatable bonds is 3. The number of carbonyl (C=O) groups is 1. The number of likely N-dealkylation sites (tertiary alicyclic amines) is 1. The van der Waals surface area contributed by atoms with E-state index in [1.165, 1.54) is 0 Å². The van der Waals surface area contributed by atoms with Crippen LogP contribution in [0.1, 0.15) is 24.0 Å². The van der Waals surface area contributed by atoms with Gasteiger partial charge in [-0.3, -0.25) is 10.1 Å². The lowest BCUT2D eigenvalue weighted by Crippen LogP contribution is -2.44. The van der Waals surface area contributed by atoms with Crippen LogP contribution in [0, 0.1) is 24.0 Å². The molecule has 1 fully saturated rings. The number of amides is 2. The fourth-order valence-corrected chi connectivity index (χ4v) is 2.53. The molecule has 1 saturated heterocycles. The Morgan fingerprint density at radius 2 is 1.90 bits per heavy atom. The molecule has 0 atom stereocenters. The van der Waals surface area contributed by atoms with Crippen molar-refractivity contribution in [3.8, 4) is 0 Å². The minimum Gasteiger partial charge on any atom is -0.377 e. The van der Waals surface area contributed by atoms with E-state index in [-0.39, 0.29) is 16.7 Å². The zero-order chi connectivity index (χ0) is 15.6. The Hall–Kier alpha value is -2.31. The smallest absolute Gasteiger partial charge is 0.314 e. The number of nitrogens with one attached hydrogen (secondary N) is 1. The third-order valence-corrected chi connectivity index (χ3v) is 3.97. The normalized spacial score (nSPS) is 15.8. The summed E-state index contributed by atoms with van der Waals surface area (Å²) < 4.78 is 0. The highest BCUT2D eigenvalue weighted by Crippen LogP contribution is 2.29. The zero-order valence-corrected chi connectivity index (χ0v) is 12.3. The van der Waals surface area contributed by atoms with Gasteiger partial charge in [0, 0.05) is 25.2 Å². The summed E-state index contributed by atoms with van der Waals surface area (Å²) in [7, 11) is 0. The molecule has 1 aliphatic heterocycles. The molecule has 0 spiro atoms. The first-order valence-corrected chi connectivity index (χ1v) is 6.95. The maximum atomic E-state index is 11.2. The van der Waals surface area contributed by atoms with E-state index in [4.69, 9.17) is 5.73 Å². The van der Waals surface area contributed by atoms with Gasteiger partial charge < -0.3 is 16.0 Å². The summed E-state index contributed by atoms with van der Waals surface area (Å²) in [6, 6.07) is 3.11. The first-order valence-electron chi connectivity index (χ1n) is 6.95. The fraction of sp³-hybridized carbons (Fsp3) is 0.500. The number of aryl methyl sites for hydroxylation is 2. The van der Waals surface area contributed by atoms with E-state index in [0.717, 1.165) is 24.0 Å². The number of primary amides is 1. The van der Waals surface area contributed by atoms with E-state index in [1.54, 1.807) is 11.0 Å². The van der Waals surface area contributed by atoms with Gasteiger partial charge in [-0.2, -0.15) is 0 Å². The Kier molecular flexibility index (Phi) is 4.30. The molecule has 7 heteroatoms. The van der Waals surface area contributed by atoms with Crippen LogP contribution in [0.25, 0.3) is 0 Å². The lowest BCUT2D eigenvalue weighted by Gasteiger charge is -2.31. The molecule has 2 rings (SSSR count). The van der Waals surface area contributed by atoms with Gasteiger partial charge in [-0.05, 0) is 43.9 Å². The highest BCUT2D eigenvalue weighted by molar-refractivity contribution is 5.72. The molecule has 0 bridgehead atoms. The van der Waals surface area contributed by atoms with Crippen molar-refractivity contribution in [2.24, 2.45) is 5.73 Å². The molecule has 0 aromatic heterocycles. The number of nitro benzene ring substituents is 1. The Labute approximate surface area is 123 Å². The van der Waals surface area contributed by atoms with Gasteiger partial charge in [-0.15, -0.1) is 0 Å². The monoisotopic (exact) mass is 292 g/mol. The highest BCUT2D eigenvalue weighted by atomic mass is 16.6. The fourth-order valence-electron chi connectivity index (χ4n) is 2.53. The van der Waals surface area contributed by atoms with Crippen molar-refractivity contribution in [1.29, 1.82) is 0 Å². The van der Waals surface area contributed by atoms with Crippen molar-refractivity contribution in [1.82, 2.24) is 4.90 Å². The number of carbonyl (C=O) groups excluding carboxylic acids is 1. The highest BCUT2D eigenvalue weighted by Gasteiger charge is 2.24. The molecule has 0 saturated carbocycles. The average molecular weight is 292 g/mol. The zero-order valence-electron chi connectivity index (χ0n) is 12.3. The molecule has 7 nitrogen and oxygen atoms in total. The van der Waals surface area contributed by atoms with Crippen molar-refractivity contribution in [2.45, 2.75) is 32.7 Å². The molecule has 0 radical (unpaired) electrons. The summed E-state index contributed by atoms with van der Waals surface area (Å²) in [6.07, 6.45) is 1.46. The summed E-state index contributed by atoms with van der Waals surface area (Å²) in [6.45, 7) is 4.94. The van der Waals surface area contributed by atoms with E-state index in [0.29, 0.717) is 18.8 Å². The number of nitrogens with two attached hydrogens (primary N) is 1. The van der Waals surface area contributed by atoms with Crippen LogP contribution in [0.15, 0.2) is 12.1 Å². The number of piperidine rings is 1. The molecule has 2 amide bonds. The predicted molar refractivity (Wildman–Crippen MR) is 80.4 cm³/mol. The number of hydrogen-bond acceptors (Lipinski definition) is 4. The minimum absolute atomic E-state index is 0.0930. The SMILES string of the molecule is Cc1cc(NC2CCN(C(N)=O)CC2)c([N+](=O)[O-])cc1C. The third-order valence-electron chi connectivity index (χ3n) is 3.97. The van der Waals surface area contributed by atoms with Crippen LogP contribution in [0.2, 0.25) is 0 Å². The van der Waals surface area contributed by atoms with Gasteiger partial charge in [-0.1, -0.05) is 0 Å². The van der Waals surface area contributed by atoms with Crippen LogP contribution in [-0.2, 0) is 0 Å². The molecule has 1 aliphatic rings. The molecule has 1 aromatic rings. The summed E-state index contributed by atoms with van der Waals surface area (Å²) in [4.78, 5) is 23.5. The van der Waals surface area contributed by atoms with Gasteiger partial charge in [0.25, 0.3) is 5.69 Å². The van der Waals surface area contributed by atoms with Crippen LogP contribution in [0.3, 0.4) is 0 Å². The molecule has 0 aliphatic carbocycles. The van der Waals surface area contributed by atoms with Crippen LogP contribution in [-0.4, -0.2) is 35.0 Å². The molecule has 21 heavy (non-hydrogen) atoms. The molecule has 1 heterocycles. The van der Waals surface area contributed by atoms with E-state index in [9.17, 15) is 14.9 Å². The number of hydrogen-bond donors (Lipinski definition) is 2. The first kappa shape index (κ1) is 15.1. The van der Waals surface area contributed by atoms with Crippen LogP contribution < -0.4 is 11.1 Å². The second-order valence-corrected chi connectivity index (χ2v) is 5.45. The number of nitrogens with zero attached hydrogens (tertiary/aromatic N) is 2. The van der Waals surface area contributed by atoms with E-state index in [1.807, 2.05) is 19.9 Å². The van der Waals surface area contributed by atoms with E-state index >= 15 is 0 Å². The van der Waals surface area contributed by atoms with Crippen molar-refractivity contribution in [3.63, 3.8) is 0 Å². The van der Waals surface area contributed by atoms with Crippen LogP contribution in [0.5, 0.6) is 0 Å². The van der Waals surface area contributed by atoms with Gasteiger partial charge in [0.15, 0.2) is 0 Å². The van der Waals surface area contributed by atoms with Gasteiger partial charge in [0.05, 0.1) is 4.92 Å². The van der Waals surface area contributed by atoms with Crippen molar-refractivity contribution < 1.29 is 9.72 Å². The molecule has 114 valence electrons. The summed E-state index contributed by atoms with van der Waals surface area (Å²) in [5.74, 6) is 0. The topological polar surface area (TPSA) is 102 Å². The Morgan fingerprint density at radius 1 is 1.33 bits per heavy atom. The van der Waals surface area contributed by atoms with Gasteiger partial charge >= 0.3 is 6.03 Å². The number of benzene rings is 1. The predicted octanol–water partition coefficient (Wildman–Crippen LogP) is 2.17. The molecular weight excluding hydrogens is 272 g/mol. The van der Waals surface area contributed by atoms with Crippen molar-refractivity contribution >= 4 is 17.4 Å². The van der Waals surface area contributed by atoms with Crippen LogP contribution >= 0.6 is 0 Å². The lowest BCUT2D eigenvalue weighted by atomic mass is 10.0. The van der Waals surface area contributed by atoms with Gasteiger partial charge in [0.1, 0.15) is 5.69 Å². The van der Waals surface area contributed by atoms with E-state index in [2.05, 4.69) is 5.32 Å². The van der Waals surface area contributed by atoms with Gasteiger partial charge in [0.2, 0.25) is 0 Å². The van der Waals surface area contributed by atoms with Crippen molar-refractivity contribution in [2.75, 3.05) is 18.4 Å². The Balaban J connectivity index is 2.11. The van der Waals surface area contributed by atoms with Gasteiger partial charge in [-0.25, -0.2) is 4.79 Å². The van der Waals surface area contributed by atoms with E-state index < -0.39 is 6.03 Å². The first-order chi connectivity index (χ1) is 9.88. The summed E-state index contributed by atoms with van der Waals surface area (Å²) in [5, 5.41) is 14.4. The van der Waals surface area contributed by atoms with Crippen molar-refractivity contribution in [3.05, 3.63) is 33.4 Å². The second-order valence-electron chi connectivity index (χ2n) is 5.45. The largest absolute Gasteiger partial charge is 0.377 e. The number of nitro groups is 1. The molecular formula is C14H20N4O3. The molecule has 3 N–H and O–H groups in total. The second kappa shape index (κ2) is 5.99. The average Bonchev–Trinajstić information content (AvgIpc) is 2.43. The molecule has 1 aromatic carbocycles. The lowest BCUT2D eigenvalue weighted by molar-refractivity contribution is -0.384. The minimum atomic E-state index is -0.411. The van der Waals surface area contributed by atoms with Crippen LogP contribution in [0.4, 0.5) is 16.2 Å². The Bertz CT molecular complexity index is 566. The molecule has 0 unspecified atom stereocenters. The standard InChI is InChI=1S/C14H20N4O3/c1-9-7-12(13(18(20)21)8-10(9)2)16-11-3-5-17(6-4-11)14(15)19/h7-8,11,16H,3-6H2,1-2H3,(H2,15,19). The maximum Gasteiger partial charge on any atom is 0.314 e. The summed E-state index contributed by atoms with van der Waals surface area (Å²) in [5.41, 5.74) is 7.79. The Morgan fingerprint density at radius 3 is 2.43 bits per heavy atom. The maximum absolute atomic E-state index is 11.2. The number of anilines is 1. The third kappa shape index (κ3) is 3.42. The quantitative estimate of drug-likeness (QED) is 0.658. The summed E-state index contributed by atoms with van der Waals surface area (Å²) >= 11 is 0.